The molecule has 1 rings (SSSR count). The average Bonchev–Trinajstić information content (AvgIpc) is 2.03. The lowest BCUT2D eigenvalue weighted by molar-refractivity contribution is 0.169. The number of aliphatic hydroxyl groups is 1. The van der Waals surface area contributed by atoms with Crippen LogP contribution in [0, 0.1) is 0 Å². The highest BCUT2D eigenvalue weighted by Gasteiger charge is 1.97. The zero-order valence-corrected chi connectivity index (χ0v) is 6.66. The van der Waals surface area contributed by atoms with Crippen molar-refractivity contribution in [1.29, 1.82) is 0 Å². The van der Waals surface area contributed by atoms with E-state index in [1.54, 1.807) is 12.1 Å². The fourth-order valence-corrected chi connectivity index (χ4v) is 0.745. The molecule has 0 radical (unpaired) electrons. The number of benzene rings is 1. The SMILES string of the molecule is OC(Cl)COc1ccccc1. The highest BCUT2D eigenvalue weighted by atomic mass is 35.5. The molecule has 0 amide bonds. The van der Waals surface area contributed by atoms with Crippen LogP contribution in [0.4, 0.5) is 0 Å². The number of alkyl halides is 1. The van der Waals surface area contributed by atoms with Crippen LogP contribution in [-0.2, 0) is 0 Å². The van der Waals surface area contributed by atoms with Gasteiger partial charge in [0.15, 0.2) is 5.56 Å². The lowest BCUT2D eigenvalue weighted by atomic mass is 10.3. The van der Waals surface area contributed by atoms with Gasteiger partial charge in [-0.25, -0.2) is 0 Å². The second-order valence-electron chi connectivity index (χ2n) is 2.06. The smallest absolute Gasteiger partial charge is 0.161 e. The summed E-state index contributed by atoms with van der Waals surface area (Å²) in [5.41, 5.74) is -0.935. The van der Waals surface area contributed by atoms with Crippen LogP contribution in [0.15, 0.2) is 30.3 Å². The third-order valence-corrected chi connectivity index (χ3v) is 1.26. The Balaban J connectivity index is 2.39. The molecule has 3 heteroatoms. The first-order valence-electron chi connectivity index (χ1n) is 3.29. The van der Waals surface area contributed by atoms with Gasteiger partial charge in [-0.2, -0.15) is 0 Å². The van der Waals surface area contributed by atoms with Crippen molar-refractivity contribution in [1.82, 2.24) is 0 Å². The third kappa shape index (κ3) is 3.25. The van der Waals surface area contributed by atoms with Crippen LogP contribution in [0.2, 0.25) is 0 Å². The molecule has 0 heterocycles. The number of hydrogen-bond donors (Lipinski definition) is 1. The van der Waals surface area contributed by atoms with Crippen LogP contribution < -0.4 is 4.74 Å². The summed E-state index contributed by atoms with van der Waals surface area (Å²) >= 11 is 5.26. The zero-order chi connectivity index (χ0) is 8.10. The maximum Gasteiger partial charge on any atom is 0.161 e. The maximum absolute atomic E-state index is 8.65. The van der Waals surface area contributed by atoms with Gasteiger partial charge in [-0.15, -0.1) is 0 Å². The summed E-state index contributed by atoms with van der Waals surface area (Å²) in [6, 6.07) is 9.22. The van der Waals surface area contributed by atoms with E-state index < -0.39 is 5.56 Å². The number of ether oxygens (including phenoxy) is 1. The van der Waals surface area contributed by atoms with Crippen molar-refractivity contribution in [2.75, 3.05) is 6.61 Å². The van der Waals surface area contributed by atoms with E-state index in [1.165, 1.54) is 0 Å². The Labute approximate surface area is 70.4 Å². The van der Waals surface area contributed by atoms with Gasteiger partial charge < -0.3 is 9.84 Å². The molecule has 2 nitrogen and oxygen atoms in total. The normalized spacial score (nSPS) is 12.5. The molecule has 0 aliphatic carbocycles. The fraction of sp³-hybridized carbons (Fsp3) is 0.250. The minimum absolute atomic E-state index is 0.117. The van der Waals surface area contributed by atoms with Crippen molar-refractivity contribution < 1.29 is 9.84 Å². The van der Waals surface area contributed by atoms with Crippen molar-refractivity contribution in [2.24, 2.45) is 0 Å². The molecule has 1 unspecified atom stereocenters. The molecule has 0 saturated carbocycles. The van der Waals surface area contributed by atoms with Crippen LogP contribution in [0.25, 0.3) is 0 Å². The molecular weight excluding hydrogens is 164 g/mol. The Morgan fingerprint density at radius 2 is 2.00 bits per heavy atom. The quantitative estimate of drug-likeness (QED) is 0.703. The second-order valence-corrected chi connectivity index (χ2v) is 2.56. The van der Waals surface area contributed by atoms with Crippen molar-refractivity contribution >= 4 is 11.6 Å². The van der Waals surface area contributed by atoms with Crippen LogP contribution in [0.1, 0.15) is 0 Å². The Kier molecular flexibility index (Phi) is 3.20. The van der Waals surface area contributed by atoms with E-state index in [-0.39, 0.29) is 6.61 Å². The molecular formula is C8H9ClO2. The first-order chi connectivity index (χ1) is 5.29. The molecule has 0 saturated heterocycles. The predicted octanol–water partition coefficient (Wildman–Crippen LogP) is 1.62. The fourth-order valence-electron chi connectivity index (χ4n) is 0.682. The van der Waals surface area contributed by atoms with Crippen molar-refractivity contribution in [2.45, 2.75) is 5.56 Å². The molecule has 11 heavy (non-hydrogen) atoms. The van der Waals surface area contributed by atoms with Gasteiger partial charge in [0.2, 0.25) is 0 Å². The van der Waals surface area contributed by atoms with Crippen LogP contribution >= 0.6 is 11.6 Å². The molecule has 0 bridgehead atoms. The van der Waals surface area contributed by atoms with E-state index in [9.17, 15) is 0 Å². The highest BCUT2D eigenvalue weighted by molar-refractivity contribution is 6.19. The van der Waals surface area contributed by atoms with Crippen molar-refractivity contribution in [3.05, 3.63) is 30.3 Å². The lowest BCUT2D eigenvalue weighted by Gasteiger charge is -2.05. The average molecular weight is 173 g/mol. The Morgan fingerprint density at radius 1 is 1.36 bits per heavy atom. The number of rotatable bonds is 3. The second kappa shape index (κ2) is 4.21. The summed E-state index contributed by atoms with van der Waals surface area (Å²) in [5, 5.41) is 8.65. The summed E-state index contributed by atoms with van der Waals surface area (Å²) in [7, 11) is 0. The van der Waals surface area contributed by atoms with Crippen molar-refractivity contribution in [3.8, 4) is 5.75 Å². The summed E-state index contributed by atoms with van der Waals surface area (Å²) in [6.07, 6.45) is 0. The number of hydrogen-bond acceptors (Lipinski definition) is 2. The minimum atomic E-state index is -0.935. The van der Waals surface area contributed by atoms with Gasteiger partial charge in [0, 0.05) is 0 Å². The summed E-state index contributed by atoms with van der Waals surface area (Å²) in [4.78, 5) is 0. The van der Waals surface area contributed by atoms with Gasteiger partial charge in [-0.1, -0.05) is 29.8 Å². The van der Waals surface area contributed by atoms with Crippen molar-refractivity contribution in [3.63, 3.8) is 0 Å². The van der Waals surface area contributed by atoms with Crippen LogP contribution in [-0.4, -0.2) is 17.3 Å². The maximum atomic E-state index is 8.65. The first-order valence-corrected chi connectivity index (χ1v) is 3.72. The van der Waals surface area contributed by atoms with Gasteiger partial charge in [-0.05, 0) is 12.1 Å². The number of halogens is 1. The van der Waals surface area contributed by atoms with E-state index in [4.69, 9.17) is 21.4 Å². The molecule has 1 aromatic rings. The molecule has 0 fully saturated rings. The molecule has 0 aromatic heterocycles. The van der Waals surface area contributed by atoms with Gasteiger partial charge >= 0.3 is 0 Å². The Bertz CT molecular complexity index is 199. The summed E-state index contributed by atoms with van der Waals surface area (Å²) < 4.78 is 5.09. The van der Waals surface area contributed by atoms with E-state index in [2.05, 4.69) is 0 Å². The van der Waals surface area contributed by atoms with Gasteiger partial charge in [0.05, 0.1) is 0 Å². The Hall–Kier alpha value is -0.730. The molecule has 0 aliphatic heterocycles. The molecule has 0 aliphatic rings. The number of para-hydroxylation sites is 1. The number of aliphatic hydroxyl groups excluding tert-OH is 1. The van der Waals surface area contributed by atoms with Crippen LogP contribution in [0.3, 0.4) is 0 Å². The molecule has 1 atom stereocenters. The molecule has 60 valence electrons. The summed E-state index contributed by atoms with van der Waals surface area (Å²) in [5.74, 6) is 0.715. The standard InChI is InChI=1S/C8H9ClO2/c9-8(10)6-11-7-4-2-1-3-5-7/h1-5,8,10H,6H2. The van der Waals surface area contributed by atoms with Crippen LogP contribution in [0.5, 0.6) is 5.75 Å². The topological polar surface area (TPSA) is 29.5 Å². The predicted molar refractivity (Wildman–Crippen MR) is 43.8 cm³/mol. The van der Waals surface area contributed by atoms with Gasteiger partial charge in [0.1, 0.15) is 12.4 Å². The van der Waals surface area contributed by atoms with Gasteiger partial charge in [0.25, 0.3) is 0 Å². The molecule has 1 N–H and O–H groups in total. The Morgan fingerprint density at radius 3 is 2.55 bits per heavy atom. The van der Waals surface area contributed by atoms with E-state index in [0.29, 0.717) is 5.75 Å². The monoisotopic (exact) mass is 172 g/mol. The van der Waals surface area contributed by atoms with E-state index >= 15 is 0 Å². The highest BCUT2D eigenvalue weighted by Crippen LogP contribution is 2.08. The largest absolute Gasteiger partial charge is 0.490 e. The summed E-state index contributed by atoms with van der Waals surface area (Å²) in [6.45, 7) is 0.117. The van der Waals surface area contributed by atoms with E-state index in [0.717, 1.165) is 0 Å². The van der Waals surface area contributed by atoms with Gasteiger partial charge in [-0.3, -0.25) is 0 Å². The third-order valence-electron chi connectivity index (χ3n) is 1.13. The first kappa shape index (κ1) is 8.37. The molecule has 0 spiro atoms. The zero-order valence-electron chi connectivity index (χ0n) is 5.90. The van der Waals surface area contributed by atoms with E-state index in [1.807, 2.05) is 18.2 Å². The molecule has 1 aromatic carbocycles. The lowest BCUT2D eigenvalue weighted by Crippen LogP contribution is -2.09. The minimum Gasteiger partial charge on any atom is -0.490 e.